The average Bonchev–Trinajstić information content (AvgIpc) is 2.92. The zero-order valence-electron chi connectivity index (χ0n) is 12.4. The summed E-state index contributed by atoms with van der Waals surface area (Å²) in [7, 11) is 0. The van der Waals surface area contributed by atoms with Crippen LogP contribution < -0.4 is 5.32 Å². The maximum Gasteiger partial charge on any atom is 0.0725 e. The highest BCUT2D eigenvalue weighted by atomic mass is 15.1. The fraction of sp³-hybridized carbons (Fsp3) is 0.471. The number of nitrogens with zero attached hydrogens (tertiary/aromatic N) is 2. The first kappa shape index (κ1) is 13.4. The van der Waals surface area contributed by atoms with Crippen molar-refractivity contribution in [1.29, 1.82) is 0 Å². The van der Waals surface area contributed by atoms with Gasteiger partial charge in [-0.1, -0.05) is 25.1 Å². The quantitative estimate of drug-likeness (QED) is 0.923. The number of rotatable bonds is 4. The number of nitrogens with one attached hydrogen (secondary N) is 1. The van der Waals surface area contributed by atoms with Crippen molar-refractivity contribution in [2.45, 2.75) is 20.3 Å². The second kappa shape index (κ2) is 5.80. The van der Waals surface area contributed by atoms with Crippen molar-refractivity contribution in [2.75, 3.05) is 31.5 Å². The molecule has 20 heavy (non-hydrogen) atoms. The van der Waals surface area contributed by atoms with E-state index in [0.29, 0.717) is 0 Å². The monoisotopic (exact) mass is 269 g/mol. The van der Waals surface area contributed by atoms with Gasteiger partial charge >= 0.3 is 0 Å². The summed E-state index contributed by atoms with van der Waals surface area (Å²) in [6.07, 6.45) is 1.31. The Morgan fingerprint density at radius 1 is 1.35 bits per heavy atom. The molecule has 1 aromatic carbocycles. The van der Waals surface area contributed by atoms with Gasteiger partial charge in [0.2, 0.25) is 0 Å². The molecule has 1 aromatic heterocycles. The van der Waals surface area contributed by atoms with Gasteiger partial charge in [0.1, 0.15) is 0 Å². The van der Waals surface area contributed by atoms with Crippen LogP contribution in [0.4, 0.5) is 5.69 Å². The van der Waals surface area contributed by atoms with Crippen LogP contribution in [-0.4, -0.2) is 36.1 Å². The van der Waals surface area contributed by atoms with Gasteiger partial charge < -0.3 is 10.2 Å². The molecule has 1 fully saturated rings. The van der Waals surface area contributed by atoms with Gasteiger partial charge in [-0.3, -0.25) is 4.98 Å². The van der Waals surface area contributed by atoms with E-state index in [-0.39, 0.29) is 0 Å². The summed E-state index contributed by atoms with van der Waals surface area (Å²) in [6, 6.07) is 10.5. The summed E-state index contributed by atoms with van der Waals surface area (Å²) in [5.74, 6) is 0.766. The van der Waals surface area contributed by atoms with E-state index in [2.05, 4.69) is 59.4 Å². The minimum atomic E-state index is 0.766. The first-order valence-electron chi connectivity index (χ1n) is 7.59. The molecule has 0 radical (unpaired) electrons. The molecular formula is C17H23N3. The van der Waals surface area contributed by atoms with E-state index < -0.39 is 0 Å². The third-order valence-electron chi connectivity index (χ3n) is 4.24. The third kappa shape index (κ3) is 2.78. The van der Waals surface area contributed by atoms with Gasteiger partial charge in [-0.2, -0.15) is 0 Å². The lowest BCUT2D eigenvalue weighted by Crippen LogP contribution is -2.22. The largest absolute Gasteiger partial charge is 0.384 e. The average molecular weight is 269 g/mol. The van der Waals surface area contributed by atoms with E-state index in [1.165, 1.54) is 37.1 Å². The number of hydrogen-bond acceptors (Lipinski definition) is 3. The van der Waals surface area contributed by atoms with Crippen LogP contribution in [0.1, 0.15) is 19.0 Å². The second-order valence-corrected chi connectivity index (χ2v) is 5.76. The fourth-order valence-electron chi connectivity index (χ4n) is 3.08. The number of benzene rings is 1. The summed E-state index contributed by atoms with van der Waals surface area (Å²) in [6.45, 7) is 9.02. The minimum absolute atomic E-state index is 0.766. The lowest BCUT2D eigenvalue weighted by atomic mass is 10.1. The van der Waals surface area contributed by atoms with E-state index in [9.17, 15) is 0 Å². The maximum atomic E-state index is 4.59. The Balaban J connectivity index is 1.74. The van der Waals surface area contributed by atoms with Gasteiger partial charge in [-0.05, 0) is 44.5 Å². The molecule has 3 rings (SSSR count). The summed E-state index contributed by atoms with van der Waals surface area (Å²) >= 11 is 0. The Hall–Kier alpha value is -1.61. The molecule has 2 aromatic rings. The van der Waals surface area contributed by atoms with Crippen LogP contribution in [0.3, 0.4) is 0 Å². The van der Waals surface area contributed by atoms with Gasteiger partial charge in [0.25, 0.3) is 0 Å². The van der Waals surface area contributed by atoms with Crippen molar-refractivity contribution < 1.29 is 0 Å². The molecule has 0 saturated carbocycles. The SMILES string of the molecule is CCN1CCC(CNc2cc(C)nc3ccccc23)C1. The van der Waals surface area contributed by atoms with Crippen molar-refractivity contribution in [3.8, 4) is 0 Å². The number of para-hydroxylation sites is 1. The van der Waals surface area contributed by atoms with Crippen LogP contribution in [0, 0.1) is 12.8 Å². The lowest BCUT2D eigenvalue weighted by Gasteiger charge is -2.16. The molecule has 0 bridgehead atoms. The maximum absolute atomic E-state index is 4.59. The van der Waals surface area contributed by atoms with Crippen molar-refractivity contribution in [1.82, 2.24) is 9.88 Å². The molecule has 1 saturated heterocycles. The zero-order valence-corrected chi connectivity index (χ0v) is 12.4. The molecule has 106 valence electrons. The third-order valence-corrected chi connectivity index (χ3v) is 4.24. The van der Waals surface area contributed by atoms with Gasteiger partial charge in [0.05, 0.1) is 5.52 Å². The molecule has 0 aliphatic carbocycles. The second-order valence-electron chi connectivity index (χ2n) is 5.76. The van der Waals surface area contributed by atoms with Crippen molar-refractivity contribution in [3.63, 3.8) is 0 Å². The molecule has 1 atom stereocenters. The predicted octanol–water partition coefficient (Wildman–Crippen LogP) is 3.30. The number of anilines is 1. The Bertz CT molecular complexity index is 594. The van der Waals surface area contributed by atoms with E-state index in [1.807, 2.05) is 0 Å². The van der Waals surface area contributed by atoms with Gasteiger partial charge in [-0.15, -0.1) is 0 Å². The van der Waals surface area contributed by atoms with E-state index >= 15 is 0 Å². The first-order valence-corrected chi connectivity index (χ1v) is 7.59. The van der Waals surface area contributed by atoms with Crippen LogP contribution in [-0.2, 0) is 0 Å². The van der Waals surface area contributed by atoms with Crippen LogP contribution in [0.2, 0.25) is 0 Å². The molecule has 3 nitrogen and oxygen atoms in total. The van der Waals surface area contributed by atoms with Gasteiger partial charge in [0, 0.05) is 29.9 Å². The Morgan fingerprint density at radius 3 is 3.00 bits per heavy atom. The van der Waals surface area contributed by atoms with Crippen molar-refractivity contribution in [3.05, 3.63) is 36.0 Å². The number of aryl methyl sites for hydroxylation is 1. The Labute approximate surface area is 121 Å². The lowest BCUT2D eigenvalue weighted by molar-refractivity contribution is 0.345. The predicted molar refractivity (Wildman–Crippen MR) is 85.2 cm³/mol. The van der Waals surface area contributed by atoms with Gasteiger partial charge in [0.15, 0.2) is 0 Å². The summed E-state index contributed by atoms with van der Waals surface area (Å²) in [5.41, 5.74) is 3.38. The number of hydrogen-bond donors (Lipinski definition) is 1. The topological polar surface area (TPSA) is 28.2 Å². The minimum Gasteiger partial charge on any atom is -0.384 e. The molecule has 1 aliphatic heterocycles. The zero-order chi connectivity index (χ0) is 13.9. The number of aromatic nitrogens is 1. The molecule has 1 N–H and O–H groups in total. The first-order chi connectivity index (χ1) is 9.76. The smallest absolute Gasteiger partial charge is 0.0725 e. The Kier molecular flexibility index (Phi) is 3.88. The highest BCUT2D eigenvalue weighted by Crippen LogP contribution is 2.24. The van der Waals surface area contributed by atoms with Gasteiger partial charge in [-0.25, -0.2) is 0 Å². The molecule has 2 heterocycles. The number of pyridine rings is 1. The molecule has 0 spiro atoms. The molecule has 0 amide bonds. The highest BCUT2D eigenvalue weighted by molar-refractivity contribution is 5.91. The fourth-order valence-corrected chi connectivity index (χ4v) is 3.08. The van der Waals surface area contributed by atoms with Crippen LogP contribution in [0.5, 0.6) is 0 Å². The normalized spacial score (nSPS) is 19.6. The summed E-state index contributed by atoms with van der Waals surface area (Å²) < 4.78 is 0. The number of fused-ring (bicyclic) bond motifs is 1. The molecular weight excluding hydrogens is 246 g/mol. The van der Waals surface area contributed by atoms with Crippen molar-refractivity contribution >= 4 is 16.6 Å². The molecule has 1 aliphatic rings. The standard InChI is InChI=1S/C17H23N3/c1-3-20-9-8-14(12-20)11-18-17-10-13(2)19-16-7-5-4-6-15(16)17/h4-7,10,14H,3,8-9,11-12H2,1-2H3,(H,18,19). The van der Waals surface area contributed by atoms with Crippen LogP contribution in [0.15, 0.2) is 30.3 Å². The van der Waals surface area contributed by atoms with E-state index in [4.69, 9.17) is 0 Å². The highest BCUT2D eigenvalue weighted by Gasteiger charge is 2.20. The summed E-state index contributed by atoms with van der Waals surface area (Å²) in [5, 5.41) is 4.87. The summed E-state index contributed by atoms with van der Waals surface area (Å²) in [4.78, 5) is 7.12. The van der Waals surface area contributed by atoms with E-state index in [1.54, 1.807) is 0 Å². The molecule has 1 unspecified atom stereocenters. The van der Waals surface area contributed by atoms with Crippen LogP contribution in [0.25, 0.3) is 10.9 Å². The Morgan fingerprint density at radius 2 is 2.20 bits per heavy atom. The van der Waals surface area contributed by atoms with Crippen molar-refractivity contribution in [2.24, 2.45) is 5.92 Å². The van der Waals surface area contributed by atoms with Crippen LogP contribution >= 0.6 is 0 Å². The molecule has 3 heteroatoms. The van der Waals surface area contributed by atoms with E-state index in [0.717, 1.165) is 23.7 Å². The number of likely N-dealkylation sites (tertiary alicyclic amines) is 1.